The number of rotatable bonds is 4. The molecule has 0 radical (unpaired) electrons. The van der Waals surface area contributed by atoms with Crippen LogP contribution in [0.4, 0.5) is 5.69 Å². The summed E-state index contributed by atoms with van der Waals surface area (Å²) in [5, 5.41) is 2.72. The zero-order chi connectivity index (χ0) is 22.2. The van der Waals surface area contributed by atoms with Crippen molar-refractivity contribution in [2.45, 2.75) is 31.3 Å². The standard InChI is InChI=1S/C22H25N3O5S/c1-3-19-21(26)23-18-14-16(8-9-20(18)30-19)31(28,29)25-12-10-24(11-13-25)22(27)17-7-5-4-6-15(17)2/h4-9,14,19H,3,10-13H2,1-2H3,(H,23,26)/t19-/m1/s1. The zero-order valence-electron chi connectivity index (χ0n) is 17.5. The Kier molecular flexibility index (Phi) is 5.72. The third-order valence-corrected chi connectivity index (χ3v) is 7.58. The summed E-state index contributed by atoms with van der Waals surface area (Å²) in [7, 11) is -3.77. The molecule has 1 atom stereocenters. The molecule has 164 valence electrons. The molecule has 0 unspecified atom stereocenters. The van der Waals surface area contributed by atoms with E-state index in [4.69, 9.17) is 4.74 Å². The number of nitrogens with one attached hydrogen (secondary N) is 1. The lowest BCUT2D eigenvalue weighted by atomic mass is 10.1. The molecule has 31 heavy (non-hydrogen) atoms. The SMILES string of the molecule is CC[C@H]1Oc2ccc(S(=O)(=O)N3CCN(C(=O)c4ccccc4C)CC3)cc2NC1=O. The number of sulfonamides is 1. The van der Waals surface area contributed by atoms with Crippen LogP contribution in [-0.2, 0) is 14.8 Å². The van der Waals surface area contributed by atoms with E-state index in [-0.39, 0.29) is 29.8 Å². The van der Waals surface area contributed by atoms with E-state index in [0.29, 0.717) is 36.5 Å². The van der Waals surface area contributed by atoms with Crippen LogP contribution in [0.1, 0.15) is 29.3 Å². The molecule has 8 nitrogen and oxygen atoms in total. The molecule has 1 saturated heterocycles. The van der Waals surface area contributed by atoms with Gasteiger partial charge in [-0.05, 0) is 43.2 Å². The van der Waals surface area contributed by atoms with Gasteiger partial charge in [-0.2, -0.15) is 4.31 Å². The second-order valence-corrected chi connectivity index (χ2v) is 9.61. The average Bonchev–Trinajstić information content (AvgIpc) is 2.78. The first-order valence-electron chi connectivity index (χ1n) is 10.3. The van der Waals surface area contributed by atoms with Gasteiger partial charge in [0.05, 0.1) is 10.6 Å². The fraction of sp³-hybridized carbons (Fsp3) is 0.364. The molecule has 0 aromatic heterocycles. The lowest BCUT2D eigenvalue weighted by Crippen LogP contribution is -2.50. The van der Waals surface area contributed by atoms with Gasteiger partial charge in [-0.3, -0.25) is 9.59 Å². The molecule has 1 N–H and O–H groups in total. The van der Waals surface area contributed by atoms with Gasteiger partial charge in [0.25, 0.3) is 11.8 Å². The molecule has 9 heteroatoms. The normalized spacial score (nSPS) is 19.4. The van der Waals surface area contributed by atoms with Crippen LogP contribution in [-0.4, -0.2) is 61.7 Å². The Morgan fingerprint density at radius 1 is 1.13 bits per heavy atom. The highest BCUT2D eigenvalue weighted by atomic mass is 32.2. The summed E-state index contributed by atoms with van der Waals surface area (Å²) in [5.41, 5.74) is 1.88. The molecule has 2 aromatic rings. The van der Waals surface area contributed by atoms with E-state index in [1.807, 2.05) is 32.0 Å². The summed E-state index contributed by atoms with van der Waals surface area (Å²) >= 11 is 0. The topological polar surface area (TPSA) is 96.0 Å². The number of carbonyl (C=O) groups is 2. The first-order valence-corrected chi connectivity index (χ1v) is 11.7. The van der Waals surface area contributed by atoms with Crippen LogP contribution < -0.4 is 10.1 Å². The highest BCUT2D eigenvalue weighted by Crippen LogP contribution is 2.33. The van der Waals surface area contributed by atoms with Gasteiger partial charge in [0.15, 0.2) is 6.10 Å². The molecule has 2 heterocycles. The zero-order valence-corrected chi connectivity index (χ0v) is 18.3. The Morgan fingerprint density at radius 2 is 1.84 bits per heavy atom. The van der Waals surface area contributed by atoms with Crippen LogP contribution in [0, 0.1) is 6.92 Å². The Balaban J connectivity index is 1.47. The second-order valence-electron chi connectivity index (χ2n) is 7.67. The van der Waals surface area contributed by atoms with Crippen LogP contribution in [0.2, 0.25) is 0 Å². The summed E-state index contributed by atoms with van der Waals surface area (Å²) < 4.78 is 33.3. The van der Waals surface area contributed by atoms with Crippen molar-refractivity contribution in [3.63, 3.8) is 0 Å². The Bertz CT molecular complexity index is 1120. The molecule has 1 fully saturated rings. The monoisotopic (exact) mass is 443 g/mol. The summed E-state index contributed by atoms with van der Waals surface area (Å²) in [6.07, 6.45) is -0.0505. The summed E-state index contributed by atoms with van der Waals surface area (Å²) in [4.78, 5) is 26.6. The van der Waals surface area contributed by atoms with Gasteiger partial charge in [-0.15, -0.1) is 0 Å². The fourth-order valence-electron chi connectivity index (χ4n) is 3.82. The van der Waals surface area contributed by atoms with Gasteiger partial charge in [-0.1, -0.05) is 25.1 Å². The maximum absolute atomic E-state index is 13.1. The molecule has 2 amide bonds. The molecule has 2 aliphatic rings. The largest absolute Gasteiger partial charge is 0.478 e. The quantitative estimate of drug-likeness (QED) is 0.782. The minimum atomic E-state index is -3.77. The first-order chi connectivity index (χ1) is 14.8. The number of piperazine rings is 1. The molecule has 4 rings (SSSR count). The number of nitrogens with zero attached hydrogens (tertiary/aromatic N) is 2. The molecule has 0 aliphatic carbocycles. The average molecular weight is 444 g/mol. The van der Waals surface area contributed by atoms with Crippen molar-refractivity contribution in [3.8, 4) is 5.75 Å². The maximum Gasteiger partial charge on any atom is 0.265 e. The summed E-state index contributed by atoms with van der Waals surface area (Å²) in [6.45, 7) is 4.77. The van der Waals surface area contributed by atoms with E-state index in [1.54, 1.807) is 17.0 Å². The number of aryl methyl sites for hydroxylation is 1. The van der Waals surface area contributed by atoms with Gasteiger partial charge in [-0.25, -0.2) is 8.42 Å². The van der Waals surface area contributed by atoms with Crippen molar-refractivity contribution in [2.75, 3.05) is 31.5 Å². The second kappa shape index (κ2) is 8.32. The molecule has 0 saturated carbocycles. The Morgan fingerprint density at radius 3 is 2.52 bits per heavy atom. The predicted molar refractivity (Wildman–Crippen MR) is 116 cm³/mol. The van der Waals surface area contributed by atoms with Crippen LogP contribution in [0.3, 0.4) is 0 Å². The number of ether oxygens (including phenoxy) is 1. The molecular formula is C22H25N3O5S. The fourth-order valence-corrected chi connectivity index (χ4v) is 5.27. The van der Waals surface area contributed by atoms with E-state index in [9.17, 15) is 18.0 Å². The van der Waals surface area contributed by atoms with Gasteiger partial charge >= 0.3 is 0 Å². The van der Waals surface area contributed by atoms with Crippen LogP contribution >= 0.6 is 0 Å². The highest BCUT2D eigenvalue weighted by molar-refractivity contribution is 7.89. The highest BCUT2D eigenvalue weighted by Gasteiger charge is 2.33. The number of fused-ring (bicyclic) bond motifs is 1. The van der Waals surface area contributed by atoms with Crippen molar-refractivity contribution < 1.29 is 22.7 Å². The number of hydrogen-bond donors (Lipinski definition) is 1. The smallest absolute Gasteiger partial charge is 0.265 e. The third-order valence-electron chi connectivity index (χ3n) is 5.68. The van der Waals surface area contributed by atoms with E-state index in [1.165, 1.54) is 16.4 Å². The van der Waals surface area contributed by atoms with Gasteiger partial charge in [0.1, 0.15) is 5.75 Å². The van der Waals surface area contributed by atoms with Crippen molar-refractivity contribution >= 4 is 27.5 Å². The molecule has 2 aromatic carbocycles. The molecular weight excluding hydrogens is 418 g/mol. The molecule has 0 bridgehead atoms. The predicted octanol–water partition coefficient (Wildman–Crippen LogP) is 2.25. The van der Waals surface area contributed by atoms with Gasteiger partial charge < -0.3 is 15.0 Å². The minimum absolute atomic E-state index is 0.0868. The van der Waals surface area contributed by atoms with Crippen molar-refractivity contribution in [1.29, 1.82) is 0 Å². The lowest BCUT2D eigenvalue weighted by molar-refractivity contribution is -0.123. The minimum Gasteiger partial charge on any atom is -0.478 e. The first kappa shape index (κ1) is 21.3. The van der Waals surface area contributed by atoms with E-state index >= 15 is 0 Å². The Hall–Kier alpha value is -2.91. The van der Waals surface area contributed by atoms with Crippen molar-refractivity contribution in [2.24, 2.45) is 0 Å². The van der Waals surface area contributed by atoms with Crippen molar-refractivity contribution in [1.82, 2.24) is 9.21 Å². The molecule has 0 spiro atoms. The molecule has 2 aliphatic heterocycles. The Labute approximate surface area is 181 Å². The lowest BCUT2D eigenvalue weighted by Gasteiger charge is -2.34. The van der Waals surface area contributed by atoms with Crippen molar-refractivity contribution in [3.05, 3.63) is 53.6 Å². The number of amides is 2. The number of hydrogen-bond acceptors (Lipinski definition) is 5. The summed E-state index contributed by atoms with van der Waals surface area (Å²) in [6, 6.07) is 11.9. The van der Waals surface area contributed by atoms with Gasteiger partial charge in [0, 0.05) is 31.7 Å². The van der Waals surface area contributed by atoms with Crippen LogP contribution in [0.5, 0.6) is 5.75 Å². The van der Waals surface area contributed by atoms with Gasteiger partial charge in [0.2, 0.25) is 10.0 Å². The van der Waals surface area contributed by atoms with E-state index in [2.05, 4.69) is 5.32 Å². The summed E-state index contributed by atoms with van der Waals surface area (Å²) in [5.74, 6) is 0.0844. The number of anilines is 1. The van der Waals surface area contributed by atoms with E-state index < -0.39 is 16.1 Å². The van der Waals surface area contributed by atoms with E-state index in [0.717, 1.165) is 5.56 Å². The maximum atomic E-state index is 13.1. The van der Waals surface area contributed by atoms with Crippen LogP contribution in [0.15, 0.2) is 47.4 Å². The number of benzene rings is 2. The number of carbonyl (C=O) groups excluding carboxylic acids is 2. The third kappa shape index (κ3) is 4.03. The van der Waals surface area contributed by atoms with Crippen LogP contribution in [0.25, 0.3) is 0 Å².